The molecule has 1 N–H and O–H groups in total. The van der Waals surface area contributed by atoms with Crippen LogP contribution in [0.3, 0.4) is 0 Å². The van der Waals surface area contributed by atoms with Gasteiger partial charge in [0.2, 0.25) is 0 Å². The monoisotopic (exact) mass is 300 g/mol. The maximum absolute atomic E-state index is 5.48. The summed E-state index contributed by atoms with van der Waals surface area (Å²) in [7, 11) is 0. The zero-order valence-electron chi connectivity index (χ0n) is 11.7. The van der Waals surface area contributed by atoms with E-state index >= 15 is 0 Å². The zero-order valence-corrected chi connectivity index (χ0v) is 13.3. The quantitative estimate of drug-likeness (QED) is 0.869. The SMILES string of the molecule is CCSC1CCCC1N=C1NC2(CCOCC2)CS1. The van der Waals surface area contributed by atoms with Gasteiger partial charge in [-0.15, -0.1) is 0 Å². The normalized spacial score (nSPS) is 35.9. The number of amidine groups is 1. The standard InChI is InChI=1S/C14H24N2OS2/c1-2-18-12-5-3-4-11(12)15-13-16-14(10-19-13)6-8-17-9-7-14/h11-12H,2-10H2,1H3,(H,15,16). The van der Waals surface area contributed by atoms with Crippen LogP contribution in [0.15, 0.2) is 4.99 Å². The molecule has 0 aromatic carbocycles. The predicted molar refractivity (Wildman–Crippen MR) is 85.4 cm³/mol. The molecule has 0 aromatic heterocycles. The third-order valence-electron chi connectivity index (χ3n) is 4.39. The molecular weight excluding hydrogens is 276 g/mol. The highest BCUT2D eigenvalue weighted by atomic mass is 32.2. The van der Waals surface area contributed by atoms with Gasteiger partial charge in [0, 0.05) is 24.2 Å². The Morgan fingerprint density at radius 2 is 2.26 bits per heavy atom. The summed E-state index contributed by atoms with van der Waals surface area (Å²) in [6.45, 7) is 4.06. The van der Waals surface area contributed by atoms with E-state index < -0.39 is 0 Å². The van der Waals surface area contributed by atoms with Gasteiger partial charge in [-0.3, -0.25) is 4.99 Å². The van der Waals surface area contributed by atoms with Gasteiger partial charge in [0.1, 0.15) is 0 Å². The second-order valence-electron chi connectivity index (χ2n) is 5.73. The lowest BCUT2D eigenvalue weighted by molar-refractivity contribution is 0.0555. The van der Waals surface area contributed by atoms with Crippen molar-refractivity contribution in [2.75, 3.05) is 24.7 Å². The number of aliphatic imine (C=N–C) groups is 1. The minimum atomic E-state index is 0.285. The minimum absolute atomic E-state index is 0.285. The first-order valence-corrected chi connectivity index (χ1v) is 9.53. The molecule has 3 rings (SSSR count). The highest BCUT2D eigenvalue weighted by Crippen LogP contribution is 2.35. The molecule has 2 saturated heterocycles. The van der Waals surface area contributed by atoms with Gasteiger partial charge in [0.05, 0.1) is 11.6 Å². The first-order chi connectivity index (χ1) is 9.31. The smallest absolute Gasteiger partial charge is 0.157 e. The summed E-state index contributed by atoms with van der Waals surface area (Å²) in [4.78, 5) is 5.03. The van der Waals surface area contributed by atoms with E-state index in [1.165, 1.54) is 35.9 Å². The van der Waals surface area contributed by atoms with E-state index in [4.69, 9.17) is 9.73 Å². The number of nitrogens with zero attached hydrogens (tertiary/aromatic N) is 1. The van der Waals surface area contributed by atoms with Gasteiger partial charge >= 0.3 is 0 Å². The summed E-state index contributed by atoms with van der Waals surface area (Å²) < 4.78 is 5.48. The number of ether oxygens (including phenoxy) is 1. The van der Waals surface area contributed by atoms with Gasteiger partial charge in [-0.2, -0.15) is 11.8 Å². The van der Waals surface area contributed by atoms with E-state index in [9.17, 15) is 0 Å². The van der Waals surface area contributed by atoms with E-state index in [-0.39, 0.29) is 5.54 Å². The maximum Gasteiger partial charge on any atom is 0.157 e. The summed E-state index contributed by atoms with van der Waals surface area (Å²) >= 11 is 4.02. The Kier molecular flexibility index (Phi) is 4.65. The second kappa shape index (κ2) is 6.27. The summed E-state index contributed by atoms with van der Waals surface area (Å²) in [5.41, 5.74) is 0.285. The molecular formula is C14H24N2OS2. The minimum Gasteiger partial charge on any atom is -0.381 e. The van der Waals surface area contributed by atoms with Crippen molar-refractivity contribution in [3.63, 3.8) is 0 Å². The van der Waals surface area contributed by atoms with Crippen LogP contribution >= 0.6 is 23.5 Å². The van der Waals surface area contributed by atoms with Gasteiger partial charge in [0.25, 0.3) is 0 Å². The van der Waals surface area contributed by atoms with Crippen LogP contribution in [-0.4, -0.2) is 46.7 Å². The van der Waals surface area contributed by atoms with E-state index in [0.29, 0.717) is 6.04 Å². The highest BCUT2D eigenvalue weighted by molar-refractivity contribution is 8.14. The molecule has 2 aliphatic heterocycles. The molecule has 2 heterocycles. The number of hydrogen-bond acceptors (Lipinski definition) is 4. The molecule has 5 heteroatoms. The Hall–Kier alpha value is 0.130. The molecule has 0 radical (unpaired) electrons. The lowest BCUT2D eigenvalue weighted by Gasteiger charge is -2.32. The fourth-order valence-electron chi connectivity index (χ4n) is 3.22. The molecule has 1 aliphatic carbocycles. The van der Waals surface area contributed by atoms with Crippen LogP contribution in [0.2, 0.25) is 0 Å². The highest BCUT2D eigenvalue weighted by Gasteiger charge is 2.39. The Morgan fingerprint density at radius 1 is 1.42 bits per heavy atom. The number of hydrogen-bond donors (Lipinski definition) is 1. The number of thioether (sulfide) groups is 2. The van der Waals surface area contributed by atoms with Gasteiger partial charge < -0.3 is 10.1 Å². The zero-order chi connectivity index (χ0) is 13.1. The maximum atomic E-state index is 5.48. The summed E-state index contributed by atoms with van der Waals surface area (Å²) in [5, 5.41) is 5.68. The average Bonchev–Trinajstić information content (AvgIpc) is 3.00. The van der Waals surface area contributed by atoms with Crippen molar-refractivity contribution in [3.8, 4) is 0 Å². The van der Waals surface area contributed by atoms with Crippen LogP contribution in [0.25, 0.3) is 0 Å². The third-order valence-corrected chi connectivity index (χ3v) is 6.88. The summed E-state index contributed by atoms with van der Waals surface area (Å²) in [6.07, 6.45) is 6.25. The van der Waals surface area contributed by atoms with Crippen LogP contribution in [0.1, 0.15) is 39.0 Å². The molecule has 0 amide bonds. The molecule has 108 valence electrons. The lowest BCUT2D eigenvalue weighted by atomic mass is 9.93. The molecule has 19 heavy (non-hydrogen) atoms. The van der Waals surface area contributed by atoms with Crippen molar-refractivity contribution >= 4 is 28.7 Å². The molecule has 0 bridgehead atoms. The van der Waals surface area contributed by atoms with E-state index in [2.05, 4.69) is 24.0 Å². The molecule has 1 saturated carbocycles. The van der Waals surface area contributed by atoms with Crippen LogP contribution in [-0.2, 0) is 4.74 Å². The van der Waals surface area contributed by atoms with Gasteiger partial charge in [0.15, 0.2) is 5.17 Å². The Bertz CT molecular complexity index is 342. The fourth-order valence-corrected chi connectivity index (χ4v) is 5.67. The van der Waals surface area contributed by atoms with Crippen LogP contribution in [0, 0.1) is 0 Å². The lowest BCUT2D eigenvalue weighted by Crippen LogP contribution is -2.48. The molecule has 0 aromatic rings. The van der Waals surface area contributed by atoms with Crippen molar-refractivity contribution < 1.29 is 4.74 Å². The van der Waals surface area contributed by atoms with Crippen molar-refractivity contribution in [2.24, 2.45) is 4.99 Å². The van der Waals surface area contributed by atoms with E-state index in [1.54, 1.807) is 0 Å². The topological polar surface area (TPSA) is 33.6 Å². The Labute approximate surface area is 124 Å². The van der Waals surface area contributed by atoms with Crippen LogP contribution in [0.5, 0.6) is 0 Å². The predicted octanol–water partition coefficient (Wildman–Crippen LogP) is 2.90. The van der Waals surface area contributed by atoms with Gasteiger partial charge in [-0.05, 0) is 31.4 Å². The number of nitrogens with one attached hydrogen (secondary N) is 1. The molecule has 3 nitrogen and oxygen atoms in total. The van der Waals surface area contributed by atoms with Crippen LogP contribution < -0.4 is 5.32 Å². The average molecular weight is 300 g/mol. The summed E-state index contributed by atoms with van der Waals surface area (Å²) in [5.74, 6) is 2.39. The molecule has 1 spiro atoms. The van der Waals surface area contributed by atoms with E-state index in [1.807, 2.05) is 11.8 Å². The molecule has 2 atom stereocenters. The van der Waals surface area contributed by atoms with Crippen molar-refractivity contribution in [1.29, 1.82) is 0 Å². The van der Waals surface area contributed by atoms with E-state index in [0.717, 1.165) is 31.3 Å². The molecule has 2 unspecified atom stereocenters. The van der Waals surface area contributed by atoms with Crippen LogP contribution in [0.4, 0.5) is 0 Å². The van der Waals surface area contributed by atoms with Crippen molar-refractivity contribution in [1.82, 2.24) is 5.32 Å². The summed E-state index contributed by atoms with van der Waals surface area (Å²) in [6, 6.07) is 0.551. The third kappa shape index (κ3) is 3.24. The van der Waals surface area contributed by atoms with Crippen molar-refractivity contribution in [3.05, 3.63) is 0 Å². The Morgan fingerprint density at radius 3 is 3.05 bits per heavy atom. The fraction of sp³-hybridized carbons (Fsp3) is 0.929. The molecule has 3 fully saturated rings. The number of rotatable bonds is 3. The first-order valence-electron chi connectivity index (χ1n) is 7.49. The second-order valence-corrected chi connectivity index (χ2v) is 8.21. The Balaban J connectivity index is 1.61. The first kappa shape index (κ1) is 14.1. The largest absolute Gasteiger partial charge is 0.381 e. The molecule has 3 aliphatic rings. The van der Waals surface area contributed by atoms with Gasteiger partial charge in [-0.25, -0.2) is 0 Å². The van der Waals surface area contributed by atoms with Crippen molar-refractivity contribution in [2.45, 2.75) is 55.9 Å². The van der Waals surface area contributed by atoms with Gasteiger partial charge in [-0.1, -0.05) is 25.1 Å².